The van der Waals surface area contributed by atoms with Crippen molar-refractivity contribution in [2.24, 2.45) is 0 Å². The second-order valence-electron chi connectivity index (χ2n) is 6.76. The van der Waals surface area contributed by atoms with E-state index in [1.807, 2.05) is 30.3 Å². The SMILES string of the molecule is CCCCCCCCCCCC1(c2ccccc2)NC(=O)NC1=O. The quantitative estimate of drug-likeness (QED) is 0.458. The van der Waals surface area contributed by atoms with Gasteiger partial charge in [-0.2, -0.15) is 0 Å². The third-order valence-electron chi connectivity index (χ3n) is 4.86. The van der Waals surface area contributed by atoms with E-state index < -0.39 is 5.54 Å². The molecule has 0 saturated carbocycles. The Morgan fingerprint density at radius 3 is 1.96 bits per heavy atom. The Bertz CT molecular complexity index is 530. The molecule has 1 fully saturated rings. The van der Waals surface area contributed by atoms with Crippen LogP contribution in [-0.4, -0.2) is 11.9 Å². The number of nitrogens with one attached hydrogen (secondary N) is 2. The maximum atomic E-state index is 12.4. The topological polar surface area (TPSA) is 58.2 Å². The lowest BCUT2D eigenvalue weighted by Crippen LogP contribution is -2.43. The van der Waals surface area contributed by atoms with Crippen molar-refractivity contribution >= 4 is 11.9 Å². The van der Waals surface area contributed by atoms with Crippen molar-refractivity contribution in [2.45, 2.75) is 76.7 Å². The van der Waals surface area contributed by atoms with Gasteiger partial charge in [-0.05, 0) is 12.0 Å². The number of amides is 3. The molecule has 0 aromatic heterocycles. The summed E-state index contributed by atoms with van der Waals surface area (Å²) >= 11 is 0. The van der Waals surface area contributed by atoms with Gasteiger partial charge in [0.25, 0.3) is 5.91 Å². The Morgan fingerprint density at radius 2 is 1.42 bits per heavy atom. The molecule has 0 bridgehead atoms. The Kier molecular flexibility index (Phi) is 7.29. The summed E-state index contributed by atoms with van der Waals surface area (Å²) in [6.45, 7) is 2.24. The fourth-order valence-electron chi connectivity index (χ4n) is 3.44. The predicted octanol–water partition coefficient (Wildman–Crippen LogP) is 4.64. The van der Waals surface area contributed by atoms with Crippen molar-refractivity contribution in [1.29, 1.82) is 0 Å². The molecule has 0 radical (unpaired) electrons. The van der Waals surface area contributed by atoms with Crippen LogP contribution in [0.15, 0.2) is 30.3 Å². The van der Waals surface area contributed by atoms with Crippen molar-refractivity contribution in [3.05, 3.63) is 35.9 Å². The van der Waals surface area contributed by atoms with Crippen molar-refractivity contribution in [2.75, 3.05) is 0 Å². The zero-order valence-corrected chi connectivity index (χ0v) is 14.8. The normalized spacial score (nSPS) is 20.0. The van der Waals surface area contributed by atoms with E-state index in [1.165, 1.54) is 44.9 Å². The minimum atomic E-state index is -0.889. The average Bonchev–Trinajstić information content (AvgIpc) is 2.89. The number of hydrogen-bond donors (Lipinski definition) is 2. The molecule has 1 heterocycles. The molecular weight excluding hydrogens is 300 g/mol. The van der Waals surface area contributed by atoms with E-state index in [0.29, 0.717) is 6.42 Å². The lowest BCUT2D eigenvalue weighted by atomic mass is 9.84. The van der Waals surface area contributed by atoms with Gasteiger partial charge in [0.2, 0.25) is 0 Å². The summed E-state index contributed by atoms with van der Waals surface area (Å²) < 4.78 is 0. The first-order valence-corrected chi connectivity index (χ1v) is 9.38. The van der Waals surface area contributed by atoms with E-state index in [-0.39, 0.29) is 11.9 Å². The molecule has 24 heavy (non-hydrogen) atoms. The minimum Gasteiger partial charge on any atom is -0.319 e. The molecule has 1 aromatic carbocycles. The van der Waals surface area contributed by atoms with E-state index in [9.17, 15) is 9.59 Å². The molecule has 1 aliphatic rings. The van der Waals surface area contributed by atoms with E-state index in [0.717, 1.165) is 18.4 Å². The Morgan fingerprint density at radius 1 is 0.833 bits per heavy atom. The monoisotopic (exact) mass is 330 g/mol. The van der Waals surface area contributed by atoms with Crippen LogP contribution in [0.5, 0.6) is 0 Å². The first-order valence-electron chi connectivity index (χ1n) is 9.38. The van der Waals surface area contributed by atoms with Gasteiger partial charge in [-0.3, -0.25) is 10.1 Å². The molecule has 1 atom stereocenters. The standard InChI is InChI=1S/C20H30N2O2/c1-2-3-4-5-6-7-8-9-13-16-20(17-14-11-10-12-15-17)18(23)21-19(24)22-20/h10-12,14-15H,2-9,13,16H2,1H3,(H2,21,22,23,24). The summed E-state index contributed by atoms with van der Waals surface area (Å²) in [5, 5.41) is 5.26. The zero-order valence-electron chi connectivity index (χ0n) is 14.8. The molecule has 1 unspecified atom stereocenters. The highest BCUT2D eigenvalue weighted by Crippen LogP contribution is 2.30. The van der Waals surface area contributed by atoms with Gasteiger partial charge in [0.1, 0.15) is 5.54 Å². The molecule has 132 valence electrons. The number of imide groups is 1. The van der Waals surface area contributed by atoms with E-state index in [4.69, 9.17) is 0 Å². The highest BCUT2D eigenvalue weighted by atomic mass is 16.2. The van der Waals surface area contributed by atoms with Crippen molar-refractivity contribution in [3.63, 3.8) is 0 Å². The largest absolute Gasteiger partial charge is 0.322 e. The van der Waals surface area contributed by atoms with Crippen LogP contribution in [0.1, 0.15) is 76.7 Å². The number of carbonyl (C=O) groups is 2. The van der Waals surface area contributed by atoms with E-state index in [2.05, 4.69) is 17.6 Å². The summed E-state index contributed by atoms with van der Waals surface area (Å²) in [4.78, 5) is 24.0. The van der Waals surface area contributed by atoms with Crippen LogP contribution in [0.4, 0.5) is 4.79 Å². The average molecular weight is 330 g/mol. The third kappa shape index (κ3) is 4.83. The molecule has 1 aromatic rings. The van der Waals surface area contributed by atoms with Crippen LogP contribution in [0, 0.1) is 0 Å². The van der Waals surface area contributed by atoms with Crippen LogP contribution in [-0.2, 0) is 10.3 Å². The van der Waals surface area contributed by atoms with Crippen molar-refractivity contribution in [3.8, 4) is 0 Å². The van der Waals surface area contributed by atoms with Crippen LogP contribution in [0.25, 0.3) is 0 Å². The summed E-state index contributed by atoms with van der Waals surface area (Å²) in [6.07, 6.45) is 11.8. The molecule has 0 aliphatic carbocycles. The highest BCUT2D eigenvalue weighted by Gasteiger charge is 2.46. The first-order chi connectivity index (χ1) is 11.7. The van der Waals surface area contributed by atoms with Crippen LogP contribution < -0.4 is 10.6 Å². The van der Waals surface area contributed by atoms with Gasteiger partial charge in [0.15, 0.2) is 0 Å². The number of carbonyl (C=O) groups excluding carboxylic acids is 2. The van der Waals surface area contributed by atoms with Gasteiger partial charge < -0.3 is 5.32 Å². The molecule has 0 spiro atoms. The number of urea groups is 1. The van der Waals surface area contributed by atoms with Crippen LogP contribution >= 0.6 is 0 Å². The van der Waals surface area contributed by atoms with Crippen LogP contribution in [0.2, 0.25) is 0 Å². The molecule has 4 heteroatoms. The number of rotatable bonds is 11. The molecule has 2 rings (SSSR count). The molecule has 1 saturated heterocycles. The highest BCUT2D eigenvalue weighted by molar-refractivity contribution is 6.07. The lowest BCUT2D eigenvalue weighted by molar-refractivity contribution is -0.124. The van der Waals surface area contributed by atoms with E-state index >= 15 is 0 Å². The first kappa shape index (κ1) is 18.5. The fourth-order valence-corrected chi connectivity index (χ4v) is 3.44. The van der Waals surface area contributed by atoms with Crippen molar-refractivity contribution < 1.29 is 9.59 Å². The molecule has 2 N–H and O–H groups in total. The van der Waals surface area contributed by atoms with Crippen LogP contribution in [0.3, 0.4) is 0 Å². The van der Waals surface area contributed by atoms with Gasteiger partial charge in [0.05, 0.1) is 0 Å². The number of benzene rings is 1. The second-order valence-corrected chi connectivity index (χ2v) is 6.76. The summed E-state index contributed by atoms with van der Waals surface area (Å²) in [6, 6.07) is 9.18. The smallest absolute Gasteiger partial charge is 0.319 e. The maximum Gasteiger partial charge on any atom is 0.322 e. The molecule has 3 amide bonds. The Hall–Kier alpha value is -1.84. The predicted molar refractivity (Wildman–Crippen MR) is 96.6 cm³/mol. The maximum absolute atomic E-state index is 12.4. The summed E-state index contributed by atoms with van der Waals surface area (Å²) in [5.41, 5.74) is -0.0210. The van der Waals surface area contributed by atoms with Gasteiger partial charge in [-0.1, -0.05) is 95.0 Å². The number of unbranched alkanes of at least 4 members (excludes halogenated alkanes) is 8. The molecular formula is C20H30N2O2. The molecule has 4 nitrogen and oxygen atoms in total. The Balaban J connectivity index is 1.79. The van der Waals surface area contributed by atoms with Gasteiger partial charge >= 0.3 is 6.03 Å². The summed E-state index contributed by atoms with van der Waals surface area (Å²) in [5.74, 6) is -0.224. The minimum absolute atomic E-state index is 0.224. The fraction of sp³-hybridized carbons (Fsp3) is 0.600. The lowest BCUT2D eigenvalue weighted by Gasteiger charge is -2.26. The number of hydrogen-bond acceptors (Lipinski definition) is 2. The third-order valence-corrected chi connectivity index (χ3v) is 4.86. The second kappa shape index (κ2) is 9.45. The summed E-state index contributed by atoms with van der Waals surface area (Å²) in [7, 11) is 0. The molecule has 1 aliphatic heterocycles. The van der Waals surface area contributed by atoms with E-state index in [1.54, 1.807) is 0 Å². The van der Waals surface area contributed by atoms with Gasteiger partial charge in [-0.25, -0.2) is 4.79 Å². The zero-order chi connectivity index (χ0) is 17.3. The Labute approximate surface area is 145 Å². The van der Waals surface area contributed by atoms with Crippen molar-refractivity contribution in [1.82, 2.24) is 10.6 Å². The van der Waals surface area contributed by atoms with Gasteiger partial charge in [-0.15, -0.1) is 0 Å². The van der Waals surface area contributed by atoms with Gasteiger partial charge in [0, 0.05) is 0 Å².